The average molecular weight is 654 g/mol. The Bertz CT molecular complexity index is 2770. The molecule has 8 aromatic carbocycles. The molecule has 2 nitrogen and oxygen atoms in total. The van der Waals surface area contributed by atoms with Crippen LogP contribution in [0.3, 0.4) is 0 Å². The van der Waals surface area contributed by atoms with Gasteiger partial charge >= 0.3 is 0 Å². The van der Waals surface area contributed by atoms with Gasteiger partial charge in [0.15, 0.2) is 0 Å². The first-order chi connectivity index (χ1) is 25.0. The smallest absolute Gasteiger partial charge is 0.137 e. The van der Waals surface area contributed by atoms with Gasteiger partial charge in [-0.25, -0.2) is 0 Å². The van der Waals surface area contributed by atoms with Gasteiger partial charge in [0.05, 0.1) is 16.8 Å². The van der Waals surface area contributed by atoms with E-state index < -0.39 is 0 Å². The molecule has 10 rings (SSSR count). The Kier molecular flexibility index (Phi) is 6.56. The Morgan fingerprint density at radius 2 is 1.04 bits per heavy atom. The molecule has 0 amide bonds. The largest absolute Gasteiger partial charge is 0.456 e. The van der Waals surface area contributed by atoms with Gasteiger partial charge in [0.25, 0.3) is 0 Å². The van der Waals surface area contributed by atoms with E-state index in [-0.39, 0.29) is 5.41 Å². The first-order valence-electron chi connectivity index (χ1n) is 17.7. The van der Waals surface area contributed by atoms with Crippen molar-refractivity contribution in [2.24, 2.45) is 0 Å². The van der Waals surface area contributed by atoms with Crippen molar-refractivity contribution < 1.29 is 4.42 Å². The van der Waals surface area contributed by atoms with E-state index in [2.05, 4.69) is 189 Å². The Hall–Kier alpha value is -6.38. The summed E-state index contributed by atoms with van der Waals surface area (Å²) in [5, 5.41) is 4.75. The Balaban J connectivity index is 1.11. The molecule has 2 heteroatoms. The van der Waals surface area contributed by atoms with E-state index in [9.17, 15) is 0 Å². The van der Waals surface area contributed by atoms with Crippen LogP contribution in [-0.4, -0.2) is 0 Å². The van der Waals surface area contributed by atoms with E-state index in [1.54, 1.807) is 0 Å². The topological polar surface area (TPSA) is 16.4 Å². The van der Waals surface area contributed by atoms with Gasteiger partial charge in [-0.3, -0.25) is 0 Å². The molecular weight excluding hydrogens is 619 g/mol. The van der Waals surface area contributed by atoms with Gasteiger partial charge in [0, 0.05) is 22.1 Å². The zero-order valence-electron chi connectivity index (χ0n) is 28.6. The van der Waals surface area contributed by atoms with Crippen molar-refractivity contribution in [1.82, 2.24) is 0 Å². The van der Waals surface area contributed by atoms with Crippen LogP contribution in [-0.2, 0) is 5.41 Å². The van der Waals surface area contributed by atoms with E-state index >= 15 is 0 Å². The second kappa shape index (κ2) is 11.3. The lowest BCUT2D eigenvalue weighted by Crippen LogP contribution is -2.16. The third kappa shape index (κ3) is 4.64. The molecular formula is C49H35NO. The fraction of sp³-hybridized carbons (Fsp3) is 0.0612. The fourth-order valence-corrected chi connectivity index (χ4v) is 8.30. The molecule has 9 aromatic rings. The Labute approximate surface area is 297 Å². The van der Waals surface area contributed by atoms with Crippen LogP contribution in [0.2, 0.25) is 0 Å². The minimum absolute atomic E-state index is 0.106. The lowest BCUT2D eigenvalue weighted by Gasteiger charge is -2.29. The monoisotopic (exact) mass is 653 g/mol. The summed E-state index contributed by atoms with van der Waals surface area (Å²) in [7, 11) is 0. The molecule has 0 bridgehead atoms. The summed E-state index contributed by atoms with van der Waals surface area (Å²) >= 11 is 0. The van der Waals surface area contributed by atoms with Crippen molar-refractivity contribution in [3.8, 4) is 33.4 Å². The Morgan fingerprint density at radius 3 is 1.86 bits per heavy atom. The molecule has 1 aromatic heterocycles. The summed E-state index contributed by atoms with van der Waals surface area (Å²) in [5.41, 5.74) is 15.1. The standard InChI is InChI=1S/C49H35NO/c1-49(2)41-15-7-5-13-39(41)47-42(49)16-9-17-43(47)50(44-18-10-20-46-48(44)40-14-6-8-19-45(40)51-46)38-29-27-34(28-30-38)33-21-23-35(24-22-33)37-26-25-32-11-3-4-12-36(32)31-37/h3-31H,1-2H3. The first kappa shape index (κ1) is 29.5. The van der Waals surface area contributed by atoms with Crippen LogP contribution in [0.15, 0.2) is 180 Å². The van der Waals surface area contributed by atoms with E-state index in [1.807, 2.05) is 6.07 Å². The minimum Gasteiger partial charge on any atom is -0.456 e. The van der Waals surface area contributed by atoms with Gasteiger partial charge in [-0.1, -0.05) is 147 Å². The molecule has 0 radical (unpaired) electrons. The van der Waals surface area contributed by atoms with Crippen molar-refractivity contribution in [2.45, 2.75) is 19.3 Å². The van der Waals surface area contributed by atoms with Crippen molar-refractivity contribution in [3.05, 3.63) is 187 Å². The molecule has 1 aliphatic rings. The van der Waals surface area contributed by atoms with Crippen molar-refractivity contribution in [1.29, 1.82) is 0 Å². The summed E-state index contributed by atoms with van der Waals surface area (Å²) in [6.45, 7) is 4.69. The fourth-order valence-electron chi connectivity index (χ4n) is 8.30. The molecule has 242 valence electrons. The van der Waals surface area contributed by atoms with E-state index in [1.165, 1.54) is 55.3 Å². The number of anilines is 3. The molecule has 51 heavy (non-hydrogen) atoms. The molecule has 1 heterocycles. The van der Waals surface area contributed by atoms with Crippen molar-refractivity contribution in [3.63, 3.8) is 0 Å². The number of rotatable bonds is 5. The molecule has 1 aliphatic carbocycles. The molecule has 0 N–H and O–H groups in total. The van der Waals surface area contributed by atoms with Crippen LogP contribution in [0, 0.1) is 0 Å². The molecule has 0 atom stereocenters. The van der Waals surface area contributed by atoms with Crippen molar-refractivity contribution in [2.75, 3.05) is 4.90 Å². The zero-order valence-corrected chi connectivity index (χ0v) is 28.6. The highest BCUT2D eigenvalue weighted by atomic mass is 16.3. The molecule has 0 saturated carbocycles. The van der Waals surface area contributed by atoms with Crippen LogP contribution < -0.4 is 4.90 Å². The van der Waals surface area contributed by atoms with Crippen molar-refractivity contribution >= 4 is 49.8 Å². The average Bonchev–Trinajstić information content (AvgIpc) is 3.68. The minimum atomic E-state index is -0.106. The number of para-hydroxylation sites is 1. The second-order valence-electron chi connectivity index (χ2n) is 14.1. The predicted molar refractivity (Wildman–Crippen MR) is 214 cm³/mol. The maximum atomic E-state index is 6.41. The number of furan rings is 1. The summed E-state index contributed by atoms with van der Waals surface area (Å²) in [5.74, 6) is 0. The first-order valence-corrected chi connectivity index (χ1v) is 17.7. The maximum Gasteiger partial charge on any atom is 0.137 e. The molecule has 0 fully saturated rings. The van der Waals surface area contributed by atoms with Crippen LogP contribution in [0.25, 0.3) is 66.1 Å². The van der Waals surface area contributed by atoms with Gasteiger partial charge in [-0.2, -0.15) is 0 Å². The van der Waals surface area contributed by atoms with Gasteiger partial charge < -0.3 is 9.32 Å². The van der Waals surface area contributed by atoms with Gasteiger partial charge in [0.1, 0.15) is 11.2 Å². The quantitative estimate of drug-likeness (QED) is 0.184. The summed E-state index contributed by atoms with van der Waals surface area (Å²) in [4.78, 5) is 2.44. The Morgan fingerprint density at radius 1 is 0.451 bits per heavy atom. The highest BCUT2D eigenvalue weighted by molar-refractivity contribution is 6.14. The van der Waals surface area contributed by atoms with E-state index in [0.29, 0.717) is 0 Å². The molecule has 0 unspecified atom stereocenters. The highest BCUT2D eigenvalue weighted by Crippen LogP contribution is 2.55. The number of nitrogens with zero attached hydrogens (tertiary/aromatic N) is 1. The third-order valence-electron chi connectivity index (χ3n) is 10.9. The SMILES string of the molecule is CC1(C)c2ccccc2-c2c(N(c3ccc(-c4ccc(-c5ccc6ccccc6c5)cc4)cc3)c3cccc4oc5ccccc5c34)cccc21. The predicted octanol–water partition coefficient (Wildman–Crippen LogP) is 13.8. The lowest BCUT2D eigenvalue weighted by molar-refractivity contribution is 0.660. The van der Waals surface area contributed by atoms with Gasteiger partial charge in [0.2, 0.25) is 0 Å². The zero-order chi connectivity index (χ0) is 34.1. The number of hydrogen-bond acceptors (Lipinski definition) is 2. The third-order valence-corrected chi connectivity index (χ3v) is 10.9. The lowest BCUT2D eigenvalue weighted by atomic mass is 9.82. The van der Waals surface area contributed by atoms with E-state index in [0.717, 1.165) is 39.0 Å². The molecule has 0 spiro atoms. The normalized spacial score (nSPS) is 13.1. The summed E-state index contributed by atoms with van der Waals surface area (Å²) in [6, 6.07) is 63.7. The van der Waals surface area contributed by atoms with E-state index in [4.69, 9.17) is 4.42 Å². The summed E-state index contributed by atoms with van der Waals surface area (Å²) in [6.07, 6.45) is 0. The second-order valence-corrected chi connectivity index (χ2v) is 14.1. The number of fused-ring (bicyclic) bond motifs is 7. The van der Waals surface area contributed by atoms with Crippen LogP contribution in [0.1, 0.15) is 25.0 Å². The highest BCUT2D eigenvalue weighted by Gasteiger charge is 2.38. The van der Waals surface area contributed by atoms with Crippen LogP contribution in [0.5, 0.6) is 0 Å². The molecule has 0 saturated heterocycles. The van der Waals surface area contributed by atoms with Gasteiger partial charge in [-0.15, -0.1) is 0 Å². The number of hydrogen-bond donors (Lipinski definition) is 0. The van der Waals surface area contributed by atoms with Crippen LogP contribution >= 0.6 is 0 Å². The molecule has 0 aliphatic heterocycles. The maximum absolute atomic E-state index is 6.41. The van der Waals surface area contributed by atoms with Gasteiger partial charge in [-0.05, 0) is 92.2 Å². The number of benzene rings is 8. The van der Waals surface area contributed by atoms with Crippen LogP contribution in [0.4, 0.5) is 17.1 Å². The summed E-state index contributed by atoms with van der Waals surface area (Å²) < 4.78 is 6.41.